The number of hydrogen-bond donors (Lipinski definition) is 2. The van der Waals surface area contributed by atoms with E-state index in [0.29, 0.717) is 50.5 Å². The smallest absolute Gasteiger partial charge is 0.159 e. The average Bonchev–Trinajstić information content (AvgIpc) is 3.42. The number of halogens is 2. The number of nitrogens with one attached hydrogen (secondary N) is 2. The minimum atomic E-state index is -0.0493. The number of nitrogens with zero attached hydrogens (tertiary/aromatic N) is 3. The molecule has 0 amide bonds. The summed E-state index contributed by atoms with van der Waals surface area (Å²) in [6, 6.07) is 11.8. The summed E-state index contributed by atoms with van der Waals surface area (Å²) in [6.07, 6.45) is 5.66. The SMILES string of the molecule is C=CC(=O)Cc1cccc(C)c1Nc1cc2c(NCC3CCCN3C)nc(-c3c(Cl)c(OC)cc(OC)c3Cl)cc2cn1. The van der Waals surface area contributed by atoms with Gasteiger partial charge in [-0.25, -0.2) is 9.97 Å². The number of pyridine rings is 2. The first kappa shape index (κ1) is 30.6. The number of methoxy groups -OCH3 is 2. The highest BCUT2D eigenvalue weighted by atomic mass is 35.5. The van der Waals surface area contributed by atoms with Crippen LogP contribution in [0.5, 0.6) is 11.5 Å². The molecule has 1 saturated heterocycles. The van der Waals surface area contributed by atoms with Crippen LogP contribution in [0.4, 0.5) is 17.3 Å². The number of aromatic nitrogens is 2. The van der Waals surface area contributed by atoms with Gasteiger partial charge in [-0.3, -0.25) is 4.79 Å². The lowest BCUT2D eigenvalue weighted by Crippen LogP contribution is -2.31. The van der Waals surface area contributed by atoms with E-state index in [0.717, 1.165) is 53.5 Å². The maximum atomic E-state index is 12.2. The van der Waals surface area contributed by atoms with Crippen molar-refractivity contribution in [3.63, 3.8) is 0 Å². The van der Waals surface area contributed by atoms with Gasteiger partial charge in [-0.05, 0) is 62.7 Å². The molecular formula is C33H35Cl2N5O3. The largest absolute Gasteiger partial charge is 0.495 e. The maximum Gasteiger partial charge on any atom is 0.159 e. The summed E-state index contributed by atoms with van der Waals surface area (Å²) in [5.41, 5.74) is 3.80. The van der Waals surface area contributed by atoms with Crippen LogP contribution >= 0.6 is 23.2 Å². The van der Waals surface area contributed by atoms with Gasteiger partial charge in [-0.15, -0.1) is 0 Å². The summed E-state index contributed by atoms with van der Waals surface area (Å²) in [7, 11) is 5.23. The van der Waals surface area contributed by atoms with E-state index in [1.807, 2.05) is 37.3 Å². The molecule has 0 radical (unpaired) electrons. The molecule has 3 heterocycles. The van der Waals surface area contributed by atoms with Crippen molar-refractivity contribution in [3.05, 3.63) is 76.4 Å². The fourth-order valence-corrected chi connectivity index (χ4v) is 6.18. The van der Waals surface area contributed by atoms with Crippen LogP contribution in [0.3, 0.4) is 0 Å². The number of para-hydroxylation sites is 1. The molecule has 1 atom stereocenters. The second-order valence-corrected chi connectivity index (χ2v) is 11.4. The predicted molar refractivity (Wildman–Crippen MR) is 176 cm³/mol. The molecule has 8 nitrogen and oxygen atoms in total. The third kappa shape index (κ3) is 6.42. The number of carbonyl (C=O) groups excluding carboxylic acids is 1. The fourth-order valence-electron chi connectivity index (χ4n) is 5.48. The summed E-state index contributed by atoms with van der Waals surface area (Å²) in [6.45, 7) is 7.41. The van der Waals surface area contributed by atoms with Gasteiger partial charge in [0.2, 0.25) is 0 Å². The number of allylic oxidation sites excluding steroid dienone is 1. The Bertz CT molecular complexity index is 1670. The van der Waals surface area contributed by atoms with Gasteiger partial charge in [0.25, 0.3) is 0 Å². The Balaban J connectivity index is 1.61. The zero-order chi connectivity index (χ0) is 30.7. The molecule has 0 spiro atoms. The summed E-state index contributed by atoms with van der Waals surface area (Å²) in [5.74, 6) is 2.13. The zero-order valence-corrected chi connectivity index (χ0v) is 26.3. The molecule has 2 N–H and O–H groups in total. The van der Waals surface area contributed by atoms with Crippen molar-refractivity contribution in [2.75, 3.05) is 45.0 Å². The third-order valence-corrected chi connectivity index (χ3v) is 8.68. The van der Waals surface area contributed by atoms with Crippen molar-refractivity contribution >= 4 is 57.1 Å². The molecular weight excluding hydrogens is 585 g/mol. The Morgan fingerprint density at radius 2 is 1.91 bits per heavy atom. The van der Waals surface area contributed by atoms with Crippen LogP contribution in [-0.2, 0) is 11.2 Å². The van der Waals surface area contributed by atoms with Crippen LogP contribution < -0.4 is 20.1 Å². The standard InChI is InChI=1S/C33H35Cl2N5O3/c1-6-23(41)13-20-10-7-9-19(2)32(20)39-28-15-24-21(17-36-28)14-25(38-33(24)37-18-22-11-8-12-40(22)3)29-30(34)26(42-4)16-27(43-5)31(29)35/h6-7,9-10,14-17,22H,1,8,11-13,18H2,2-5H3,(H,36,39)(H,37,38). The Morgan fingerprint density at radius 1 is 1.16 bits per heavy atom. The Labute approximate surface area is 262 Å². The van der Waals surface area contributed by atoms with Gasteiger partial charge in [0.1, 0.15) is 23.1 Å². The first-order valence-corrected chi connectivity index (χ1v) is 14.9. The highest BCUT2D eigenvalue weighted by Gasteiger charge is 2.24. The van der Waals surface area contributed by atoms with Gasteiger partial charge in [0.05, 0.1) is 30.0 Å². The molecule has 10 heteroatoms. The van der Waals surface area contributed by atoms with E-state index in [1.165, 1.54) is 6.08 Å². The van der Waals surface area contributed by atoms with Gasteiger partial charge in [0.15, 0.2) is 5.78 Å². The molecule has 2 aromatic heterocycles. The average molecular weight is 621 g/mol. The second-order valence-electron chi connectivity index (χ2n) is 10.7. The molecule has 224 valence electrons. The molecule has 2 aromatic carbocycles. The van der Waals surface area contributed by atoms with E-state index in [2.05, 4.69) is 29.2 Å². The van der Waals surface area contributed by atoms with Crippen molar-refractivity contribution in [1.82, 2.24) is 14.9 Å². The van der Waals surface area contributed by atoms with Crippen molar-refractivity contribution in [2.24, 2.45) is 0 Å². The first-order chi connectivity index (χ1) is 20.7. The zero-order valence-electron chi connectivity index (χ0n) is 24.8. The fraction of sp³-hybridized carbons (Fsp3) is 0.303. The second kappa shape index (κ2) is 13.2. The van der Waals surface area contributed by atoms with Gasteiger partial charge in [0, 0.05) is 53.3 Å². The number of likely N-dealkylation sites (N-methyl/N-ethyl adjacent to an activating group) is 1. The first-order valence-electron chi connectivity index (χ1n) is 14.1. The molecule has 4 aromatic rings. The lowest BCUT2D eigenvalue weighted by molar-refractivity contribution is -0.114. The number of hydrogen-bond acceptors (Lipinski definition) is 8. The molecule has 1 aliphatic rings. The number of rotatable bonds is 11. The number of likely N-dealkylation sites (tertiary alicyclic amines) is 1. The van der Waals surface area contributed by atoms with Gasteiger partial charge in [-0.1, -0.05) is 48.0 Å². The number of benzene rings is 2. The van der Waals surface area contributed by atoms with Crippen LogP contribution in [0.2, 0.25) is 10.0 Å². The van der Waals surface area contributed by atoms with Crippen LogP contribution in [0, 0.1) is 6.92 Å². The van der Waals surface area contributed by atoms with E-state index < -0.39 is 0 Å². The highest BCUT2D eigenvalue weighted by Crippen LogP contribution is 2.46. The quantitative estimate of drug-likeness (QED) is 0.167. The summed E-state index contributed by atoms with van der Waals surface area (Å²) in [5, 5.41) is 9.46. The summed E-state index contributed by atoms with van der Waals surface area (Å²) >= 11 is 13.6. The van der Waals surface area contributed by atoms with E-state index in [-0.39, 0.29) is 12.2 Å². The van der Waals surface area contributed by atoms with Gasteiger partial charge < -0.3 is 25.0 Å². The highest BCUT2D eigenvalue weighted by molar-refractivity contribution is 6.41. The normalized spacial score (nSPS) is 15.0. The molecule has 1 fully saturated rings. The van der Waals surface area contributed by atoms with Crippen molar-refractivity contribution in [2.45, 2.75) is 32.2 Å². The van der Waals surface area contributed by atoms with E-state index in [9.17, 15) is 4.79 Å². The topological polar surface area (TPSA) is 88.6 Å². The van der Waals surface area contributed by atoms with E-state index in [4.69, 9.17) is 42.6 Å². The Morgan fingerprint density at radius 3 is 2.56 bits per heavy atom. The minimum Gasteiger partial charge on any atom is -0.495 e. The maximum absolute atomic E-state index is 12.2. The lowest BCUT2D eigenvalue weighted by Gasteiger charge is -2.21. The third-order valence-electron chi connectivity index (χ3n) is 7.93. The summed E-state index contributed by atoms with van der Waals surface area (Å²) < 4.78 is 11.0. The van der Waals surface area contributed by atoms with Crippen LogP contribution in [-0.4, -0.2) is 61.0 Å². The number of ketones is 1. The van der Waals surface area contributed by atoms with E-state index >= 15 is 0 Å². The number of anilines is 3. The molecule has 43 heavy (non-hydrogen) atoms. The molecule has 5 rings (SSSR count). The molecule has 1 aliphatic heterocycles. The van der Waals surface area contributed by atoms with Crippen LogP contribution in [0.15, 0.2) is 55.3 Å². The number of fused-ring (bicyclic) bond motifs is 1. The minimum absolute atomic E-state index is 0.0493. The van der Waals surface area contributed by atoms with Crippen molar-refractivity contribution < 1.29 is 14.3 Å². The molecule has 0 aliphatic carbocycles. The van der Waals surface area contributed by atoms with E-state index in [1.54, 1.807) is 26.5 Å². The molecule has 1 unspecified atom stereocenters. The Kier molecular flexibility index (Phi) is 9.40. The van der Waals surface area contributed by atoms with Crippen molar-refractivity contribution in [3.8, 4) is 22.8 Å². The molecule has 0 bridgehead atoms. The summed E-state index contributed by atoms with van der Waals surface area (Å²) in [4.78, 5) is 24.3. The predicted octanol–water partition coefficient (Wildman–Crippen LogP) is 7.48. The van der Waals surface area contributed by atoms with Crippen LogP contribution in [0.25, 0.3) is 22.0 Å². The lowest BCUT2D eigenvalue weighted by atomic mass is 10.0. The number of carbonyl (C=O) groups is 1. The van der Waals surface area contributed by atoms with Crippen molar-refractivity contribution in [1.29, 1.82) is 0 Å². The van der Waals surface area contributed by atoms with Crippen LogP contribution in [0.1, 0.15) is 24.0 Å². The van der Waals surface area contributed by atoms with Gasteiger partial charge >= 0.3 is 0 Å². The Hall–Kier alpha value is -3.85. The monoisotopic (exact) mass is 619 g/mol. The number of aryl methyl sites for hydroxylation is 1. The van der Waals surface area contributed by atoms with Gasteiger partial charge in [-0.2, -0.15) is 0 Å². The number of ether oxygens (including phenoxy) is 2. The molecule has 0 saturated carbocycles.